The Labute approximate surface area is 170 Å². The molecule has 152 valence electrons. The van der Waals surface area contributed by atoms with Crippen LogP contribution in [-0.4, -0.2) is 38.6 Å². The molecule has 1 aromatic carbocycles. The first-order valence-corrected chi connectivity index (χ1v) is 14.0. The molecule has 5 atom stereocenters. The fourth-order valence-electron chi connectivity index (χ4n) is 5.67. The van der Waals surface area contributed by atoms with Crippen molar-refractivity contribution in [2.75, 3.05) is 6.54 Å². The number of nitrogens with one attached hydrogen (secondary N) is 1. The number of carbonyl (C=O) groups is 1. The number of fused-ring (bicyclic) bond motifs is 2. The molecule has 0 unspecified atom stereocenters. The van der Waals surface area contributed by atoms with Gasteiger partial charge in [0.05, 0.1) is 6.10 Å². The molecule has 28 heavy (non-hydrogen) atoms. The average Bonchev–Trinajstić information content (AvgIpc) is 3.13. The summed E-state index contributed by atoms with van der Waals surface area (Å²) in [4.78, 5) is 18.0. The van der Waals surface area contributed by atoms with E-state index in [-0.39, 0.29) is 34.8 Å². The molecule has 1 amide bonds. The first kappa shape index (κ1) is 19.8. The van der Waals surface area contributed by atoms with Crippen LogP contribution in [-0.2, 0) is 9.22 Å². The minimum atomic E-state index is -1.73. The zero-order valence-electron chi connectivity index (χ0n) is 18.1. The molecule has 1 saturated heterocycles. The Morgan fingerprint density at radius 1 is 1.14 bits per heavy atom. The molecule has 2 saturated carbocycles. The molecule has 2 aliphatic carbocycles. The molecular formula is C23H34N2O2Si. The van der Waals surface area contributed by atoms with Crippen LogP contribution < -0.4 is 5.32 Å². The van der Waals surface area contributed by atoms with Gasteiger partial charge in [0, 0.05) is 23.6 Å². The van der Waals surface area contributed by atoms with E-state index in [1.807, 2.05) is 18.2 Å². The maximum Gasteiger partial charge on any atom is 0.245 e. The lowest BCUT2D eigenvalue weighted by molar-refractivity contribution is -0.120. The molecule has 1 N–H and O–H groups in total. The highest BCUT2D eigenvalue weighted by molar-refractivity contribution is 6.70. The third-order valence-electron chi connectivity index (χ3n) is 7.64. The number of hydrogen-bond acceptors (Lipinski definition) is 3. The van der Waals surface area contributed by atoms with E-state index < -0.39 is 8.32 Å². The fraction of sp³-hybridized carbons (Fsp3) is 0.652. The predicted octanol–water partition coefficient (Wildman–Crippen LogP) is 4.39. The van der Waals surface area contributed by atoms with Crippen molar-refractivity contribution in [3.8, 4) is 0 Å². The van der Waals surface area contributed by atoms with Crippen LogP contribution in [0.4, 0.5) is 0 Å². The van der Waals surface area contributed by atoms with Crippen LogP contribution >= 0.6 is 0 Å². The van der Waals surface area contributed by atoms with Crippen molar-refractivity contribution in [2.24, 2.45) is 21.7 Å². The molecule has 1 aliphatic heterocycles. The molecule has 0 radical (unpaired) electrons. The minimum absolute atomic E-state index is 0.00604. The number of benzene rings is 1. The second-order valence-corrected chi connectivity index (χ2v) is 15.0. The molecule has 4 rings (SSSR count). The molecule has 5 heteroatoms. The van der Waals surface area contributed by atoms with Gasteiger partial charge in [-0.1, -0.05) is 51.1 Å². The van der Waals surface area contributed by atoms with Crippen molar-refractivity contribution in [3.63, 3.8) is 0 Å². The van der Waals surface area contributed by atoms with Crippen LogP contribution in [0.5, 0.6) is 0 Å². The minimum Gasteiger partial charge on any atom is -0.409 e. The topological polar surface area (TPSA) is 50.7 Å². The summed E-state index contributed by atoms with van der Waals surface area (Å²) in [6.07, 6.45) is 2.39. The fourth-order valence-corrected chi connectivity index (χ4v) is 6.71. The monoisotopic (exact) mass is 398 g/mol. The van der Waals surface area contributed by atoms with Crippen molar-refractivity contribution >= 4 is 19.9 Å². The van der Waals surface area contributed by atoms with E-state index in [9.17, 15) is 4.79 Å². The number of carbonyl (C=O) groups excluding carboxylic acids is 1. The van der Waals surface area contributed by atoms with Gasteiger partial charge in [0.1, 0.15) is 6.04 Å². The van der Waals surface area contributed by atoms with E-state index in [2.05, 4.69) is 57.9 Å². The van der Waals surface area contributed by atoms with Crippen LogP contribution in [0.3, 0.4) is 0 Å². The van der Waals surface area contributed by atoms with Gasteiger partial charge in [0.25, 0.3) is 0 Å². The van der Waals surface area contributed by atoms with E-state index in [4.69, 9.17) is 9.42 Å². The zero-order chi connectivity index (χ0) is 20.3. The maximum atomic E-state index is 12.8. The third-order valence-corrected chi connectivity index (χ3v) is 8.60. The summed E-state index contributed by atoms with van der Waals surface area (Å²) in [6, 6.07) is 9.98. The van der Waals surface area contributed by atoms with Crippen molar-refractivity contribution in [1.82, 2.24) is 5.32 Å². The predicted molar refractivity (Wildman–Crippen MR) is 116 cm³/mol. The second-order valence-electron chi connectivity index (χ2n) is 10.6. The quantitative estimate of drug-likeness (QED) is 0.765. The van der Waals surface area contributed by atoms with Gasteiger partial charge in [-0.05, 0) is 49.4 Å². The van der Waals surface area contributed by atoms with Gasteiger partial charge in [-0.3, -0.25) is 9.79 Å². The van der Waals surface area contributed by atoms with Crippen molar-refractivity contribution in [3.05, 3.63) is 35.9 Å². The number of amides is 1. The molecule has 1 aromatic rings. The lowest BCUT2D eigenvalue weighted by atomic mass is 9.70. The highest BCUT2D eigenvalue weighted by Crippen LogP contribution is 2.65. The zero-order valence-corrected chi connectivity index (χ0v) is 19.1. The van der Waals surface area contributed by atoms with E-state index in [1.165, 1.54) is 12.0 Å². The molecular weight excluding hydrogens is 364 g/mol. The summed E-state index contributed by atoms with van der Waals surface area (Å²) >= 11 is 0. The van der Waals surface area contributed by atoms with Gasteiger partial charge in [-0.25, -0.2) is 0 Å². The van der Waals surface area contributed by atoms with Crippen molar-refractivity contribution in [1.29, 1.82) is 0 Å². The van der Waals surface area contributed by atoms with E-state index >= 15 is 0 Å². The number of hydrogen-bond donors (Lipinski definition) is 1. The summed E-state index contributed by atoms with van der Waals surface area (Å²) in [7, 11) is -1.73. The Bertz CT molecular complexity index is 799. The summed E-state index contributed by atoms with van der Waals surface area (Å²) in [6.45, 7) is 14.5. The Kier molecular flexibility index (Phi) is 4.62. The molecule has 4 nitrogen and oxygen atoms in total. The molecule has 1 heterocycles. The van der Waals surface area contributed by atoms with Crippen LogP contribution in [0.1, 0.15) is 45.1 Å². The van der Waals surface area contributed by atoms with Gasteiger partial charge < -0.3 is 9.74 Å². The lowest BCUT2D eigenvalue weighted by Gasteiger charge is -2.35. The van der Waals surface area contributed by atoms with Gasteiger partial charge in [-0.15, -0.1) is 0 Å². The summed E-state index contributed by atoms with van der Waals surface area (Å²) < 4.78 is 6.71. The largest absolute Gasteiger partial charge is 0.409 e. The first-order chi connectivity index (χ1) is 13.0. The highest BCUT2D eigenvalue weighted by atomic mass is 28.4. The smallest absolute Gasteiger partial charge is 0.245 e. The Hall–Kier alpha value is -1.46. The second kappa shape index (κ2) is 6.53. The normalized spacial score (nSPS) is 38.2. The van der Waals surface area contributed by atoms with Gasteiger partial charge in [0.15, 0.2) is 8.32 Å². The number of rotatable bonds is 4. The SMILES string of the molecule is CC1(C)[C@@H]2CC[C@@]1(C)C(=N[C@@H]1C(=O)NC[C@@H]1c1ccccc1)[C@@H]2O[Si](C)(C)C. The summed E-state index contributed by atoms with van der Waals surface area (Å²) in [5.41, 5.74) is 2.49. The van der Waals surface area contributed by atoms with Crippen molar-refractivity contribution in [2.45, 2.75) is 71.3 Å². The summed E-state index contributed by atoms with van der Waals surface area (Å²) in [5, 5.41) is 3.05. The lowest BCUT2D eigenvalue weighted by Crippen LogP contribution is -2.43. The van der Waals surface area contributed by atoms with E-state index in [0.29, 0.717) is 12.5 Å². The third kappa shape index (κ3) is 2.98. The standard InChI is InChI=1S/C23H34N2O2Si/c1-22(2)17-12-13-23(22,3)20(19(17)27-28(4,5)6)25-18-16(14-24-21(18)26)15-10-8-7-9-11-15/h7-11,16-19H,12-14H2,1-6H3,(H,24,26)/t16-,17-,18+,19-,23+/m1/s1. The van der Waals surface area contributed by atoms with Crippen LogP contribution in [0.25, 0.3) is 0 Å². The van der Waals surface area contributed by atoms with E-state index in [1.54, 1.807) is 0 Å². The first-order valence-electron chi connectivity index (χ1n) is 10.6. The van der Waals surface area contributed by atoms with Gasteiger partial charge in [-0.2, -0.15) is 0 Å². The van der Waals surface area contributed by atoms with Gasteiger partial charge >= 0.3 is 0 Å². The molecule has 3 fully saturated rings. The molecule has 0 spiro atoms. The summed E-state index contributed by atoms with van der Waals surface area (Å²) in [5.74, 6) is 0.638. The maximum absolute atomic E-state index is 12.8. The molecule has 3 aliphatic rings. The highest BCUT2D eigenvalue weighted by Gasteiger charge is 2.65. The average molecular weight is 399 g/mol. The van der Waals surface area contributed by atoms with Crippen molar-refractivity contribution < 1.29 is 9.22 Å². The van der Waals surface area contributed by atoms with Crippen LogP contribution in [0, 0.1) is 16.7 Å². The van der Waals surface area contributed by atoms with Gasteiger partial charge in [0.2, 0.25) is 5.91 Å². The van der Waals surface area contributed by atoms with Crippen LogP contribution in [0.15, 0.2) is 35.3 Å². The molecule has 0 aromatic heterocycles. The molecule has 2 bridgehead atoms. The van der Waals surface area contributed by atoms with Crippen LogP contribution in [0.2, 0.25) is 19.6 Å². The number of nitrogens with zero attached hydrogens (tertiary/aromatic N) is 1. The number of aliphatic imine (C=N–C) groups is 1. The van der Waals surface area contributed by atoms with E-state index in [0.717, 1.165) is 12.1 Å². The Morgan fingerprint density at radius 2 is 1.82 bits per heavy atom. The Morgan fingerprint density at radius 3 is 2.46 bits per heavy atom. The Balaban J connectivity index is 1.76.